The van der Waals surface area contributed by atoms with Crippen molar-refractivity contribution in [3.63, 3.8) is 0 Å². The topological polar surface area (TPSA) is 41.9 Å². The highest BCUT2D eigenvalue weighted by Crippen LogP contribution is 2.29. The van der Waals surface area contributed by atoms with Crippen molar-refractivity contribution in [2.24, 2.45) is 4.99 Å². The lowest BCUT2D eigenvalue weighted by molar-refractivity contribution is -0.113. The summed E-state index contributed by atoms with van der Waals surface area (Å²) in [6, 6.07) is 23.2. The van der Waals surface area contributed by atoms with E-state index in [1.54, 1.807) is 18.1 Å². The zero-order valence-corrected chi connectivity index (χ0v) is 17.7. The summed E-state index contributed by atoms with van der Waals surface area (Å²) < 4.78 is 6.16. The first-order chi connectivity index (χ1) is 14.0. The van der Waals surface area contributed by atoms with Gasteiger partial charge in [-0.2, -0.15) is 0 Å². The van der Waals surface area contributed by atoms with Crippen LogP contribution in [0.25, 0.3) is 6.08 Å². The molecule has 4 rings (SSSR count). The minimum atomic E-state index is -0.153. The molecule has 1 heterocycles. The zero-order valence-electron chi connectivity index (χ0n) is 16.1. The number of carbonyl (C=O) groups excluding carboxylic acids is 1. The van der Waals surface area contributed by atoms with E-state index in [9.17, 15) is 4.79 Å². The van der Waals surface area contributed by atoms with Crippen molar-refractivity contribution in [1.29, 1.82) is 0 Å². The summed E-state index contributed by atoms with van der Waals surface area (Å²) >= 11 is 3.45. The van der Waals surface area contributed by atoms with Gasteiger partial charge in [0.15, 0.2) is 0 Å². The molecule has 0 saturated heterocycles. The molecule has 0 spiro atoms. The number of anilines is 1. The molecule has 1 aliphatic rings. The number of carbonyl (C=O) groups is 1. The van der Waals surface area contributed by atoms with E-state index in [-0.39, 0.29) is 5.91 Å². The Balaban J connectivity index is 1.80. The molecule has 0 atom stereocenters. The highest BCUT2D eigenvalue weighted by molar-refractivity contribution is 9.10. The maximum Gasteiger partial charge on any atom is 0.282 e. The number of rotatable bonds is 4. The normalized spacial score (nSPS) is 15.0. The molecule has 0 bridgehead atoms. The van der Waals surface area contributed by atoms with Crippen LogP contribution in [-0.2, 0) is 4.79 Å². The average molecular weight is 447 g/mol. The number of amidine groups is 1. The van der Waals surface area contributed by atoms with E-state index in [0.29, 0.717) is 11.5 Å². The first kappa shape index (κ1) is 19.2. The fourth-order valence-corrected chi connectivity index (χ4v) is 3.45. The second-order valence-electron chi connectivity index (χ2n) is 6.72. The third kappa shape index (κ3) is 4.00. The number of hydrogen-bond donors (Lipinski definition) is 0. The highest BCUT2D eigenvalue weighted by Gasteiger charge is 2.32. The van der Waals surface area contributed by atoms with Crippen LogP contribution >= 0.6 is 15.9 Å². The van der Waals surface area contributed by atoms with Gasteiger partial charge in [0.2, 0.25) is 0 Å². The molecule has 29 heavy (non-hydrogen) atoms. The maximum absolute atomic E-state index is 13.3. The Hall–Kier alpha value is -3.18. The van der Waals surface area contributed by atoms with Gasteiger partial charge in [0.25, 0.3) is 5.91 Å². The maximum atomic E-state index is 13.3. The van der Waals surface area contributed by atoms with Gasteiger partial charge >= 0.3 is 0 Å². The van der Waals surface area contributed by atoms with Gasteiger partial charge in [-0.1, -0.05) is 51.8 Å². The molecule has 5 heteroatoms. The third-order valence-corrected chi connectivity index (χ3v) is 5.17. The van der Waals surface area contributed by atoms with Crippen molar-refractivity contribution in [2.75, 3.05) is 12.0 Å². The average Bonchev–Trinajstić information content (AvgIpc) is 3.05. The predicted octanol–water partition coefficient (Wildman–Crippen LogP) is 5.60. The number of aryl methyl sites for hydroxylation is 1. The summed E-state index contributed by atoms with van der Waals surface area (Å²) in [5.74, 6) is 1.24. The lowest BCUT2D eigenvalue weighted by Gasteiger charge is -2.19. The number of amides is 1. The van der Waals surface area contributed by atoms with Crippen molar-refractivity contribution >= 4 is 39.4 Å². The number of hydrogen-bond acceptors (Lipinski definition) is 3. The molecule has 0 unspecified atom stereocenters. The van der Waals surface area contributed by atoms with Crippen LogP contribution in [0.2, 0.25) is 0 Å². The van der Waals surface area contributed by atoms with E-state index >= 15 is 0 Å². The SMILES string of the molecule is COc1ccc(/C=C2/N=C(c3cccc(C)c3)N(c3ccc(Br)cc3)C2=O)cc1. The smallest absolute Gasteiger partial charge is 0.282 e. The Bertz CT molecular complexity index is 1120. The fourth-order valence-electron chi connectivity index (χ4n) is 3.18. The molecule has 0 saturated carbocycles. The Labute approximate surface area is 178 Å². The first-order valence-corrected chi connectivity index (χ1v) is 9.96. The van der Waals surface area contributed by atoms with Crippen molar-refractivity contribution < 1.29 is 9.53 Å². The minimum absolute atomic E-state index is 0.153. The monoisotopic (exact) mass is 446 g/mol. The van der Waals surface area contributed by atoms with Crippen LogP contribution in [0.4, 0.5) is 5.69 Å². The van der Waals surface area contributed by atoms with Gasteiger partial charge in [0, 0.05) is 10.0 Å². The first-order valence-electron chi connectivity index (χ1n) is 9.16. The van der Waals surface area contributed by atoms with E-state index in [1.165, 1.54) is 0 Å². The van der Waals surface area contributed by atoms with Gasteiger partial charge < -0.3 is 4.74 Å². The lowest BCUT2D eigenvalue weighted by atomic mass is 10.1. The summed E-state index contributed by atoms with van der Waals surface area (Å²) in [6.45, 7) is 2.03. The standard InChI is InChI=1S/C24H19BrN2O2/c1-16-4-3-5-18(14-16)23-26-22(15-17-6-12-21(29-2)13-7-17)24(28)27(23)20-10-8-19(25)9-11-20/h3-15H,1-2H3/b22-15+. The number of aliphatic imine (C=N–C) groups is 1. The number of benzene rings is 3. The summed E-state index contributed by atoms with van der Waals surface area (Å²) in [5.41, 5.74) is 4.07. The van der Waals surface area contributed by atoms with E-state index in [2.05, 4.69) is 15.9 Å². The van der Waals surface area contributed by atoms with E-state index < -0.39 is 0 Å². The van der Waals surface area contributed by atoms with Gasteiger partial charge in [-0.3, -0.25) is 9.69 Å². The third-order valence-electron chi connectivity index (χ3n) is 4.64. The minimum Gasteiger partial charge on any atom is -0.497 e. The van der Waals surface area contributed by atoms with E-state index in [1.807, 2.05) is 79.7 Å². The molecule has 3 aromatic carbocycles. The van der Waals surface area contributed by atoms with Gasteiger partial charge in [-0.05, 0) is 61.0 Å². The molecule has 0 aromatic heterocycles. The molecule has 0 fully saturated rings. The van der Waals surface area contributed by atoms with E-state index in [4.69, 9.17) is 9.73 Å². The van der Waals surface area contributed by atoms with Crippen LogP contribution in [-0.4, -0.2) is 18.9 Å². The van der Waals surface area contributed by atoms with Crippen molar-refractivity contribution in [3.8, 4) is 5.75 Å². The number of nitrogens with zero attached hydrogens (tertiary/aromatic N) is 2. The van der Waals surface area contributed by atoms with Crippen molar-refractivity contribution in [2.45, 2.75) is 6.92 Å². The van der Waals surface area contributed by atoms with Crippen molar-refractivity contribution in [3.05, 3.63) is 99.7 Å². The van der Waals surface area contributed by atoms with Gasteiger partial charge in [0.05, 0.1) is 12.8 Å². The Morgan fingerprint density at radius 3 is 2.38 bits per heavy atom. The Morgan fingerprint density at radius 2 is 1.72 bits per heavy atom. The molecular weight excluding hydrogens is 428 g/mol. The molecule has 144 valence electrons. The number of ether oxygens (including phenoxy) is 1. The molecule has 1 aliphatic heterocycles. The Kier molecular flexibility index (Phi) is 5.32. The molecule has 1 amide bonds. The molecule has 0 radical (unpaired) electrons. The van der Waals surface area contributed by atoms with Crippen molar-refractivity contribution in [1.82, 2.24) is 0 Å². The second kappa shape index (κ2) is 8.05. The fraction of sp³-hybridized carbons (Fsp3) is 0.0833. The molecule has 3 aromatic rings. The molecule has 0 aliphatic carbocycles. The van der Waals surface area contributed by atoms with Crippen LogP contribution in [0.5, 0.6) is 5.75 Å². The van der Waals surface area contributed by atoms with Crippen LogP contribution in [0.1, 0.15) is 16.7 Å². The van der Waals surface area contributed by atoms with Crippen LogP contribution in [0.3, 0.4) is 0 Å². The largest absolute Gasteiger partial charge is 0.497 e. The molecule has 0 N–H and O–H groups in total. The molecule has 4 nitrogen and oxygen atoms in total. The van der Waals surface area contributed by atoms with Crippen LogP contribution in [0.15, 0.2) is 88.0 Å². The predicted molar refractivity (Wildman–Crippen MR) is 120 cm³/mol. The number of halogens is 1. The quantitative estimate of drug-likeness (QED) is 0.489. The second-order valence-corrected chi connectivity index (χ2v) is 7.64. The van der Waals surface area contributed by atoms with Gasteiger partial charge in [0.1, 0.15) is 17.3 Å². The van der Waals surface area contributed by atoms with Gasteiger partial charge in [-0.25, -0.2) is 4.99 Å². The lowest BCUT2D eigenvalue weighted by Crippen LogP contribution is -2.32. The van der Waals surface area contributed by atoms with E-state index in [0.717, 1.165) is 32.6 Å². The van der Waals surface area contributed by atoms with Gasteiger partial charge in [-0.15, -0.1) is 0 Å². The summed E-state index contributed by atoms with van der Waals surface area (Å²) in [6.07, 6.45) is 1.80. The Morgan fingerprint density at radius 1 is 1.00 bits per heavy atom. The summed E-state index contributed by atoms with van der Waals surface area (Å²) in [5, 5.41) is 0. The zero-order chi connectivity index (χ0) is 20.4. The molecular formula is C24H19BrN2O2. The summed E-state index contributed by atoms with van der Waals surface area (Å²) in [7, 11) is 1.63. The number of methoxy groups -OCH3 is 1. The summed E-state index contributed by atoms with van der Waals surface area (Å²) in [4.78, 5) is 19.7. The van der Waals surface area contributed by atoms with Crippen LogP contribution in [0, 0.1) is 6.92 Å². The highest BCUT2D eigenvalue weighted by atomic mass is 79.9. The van der Waals surface area contributed by atoms with Crippen LogP contribution < -0.4 is 9.64 Å².